The van der Waals surface area contributed by atoms with Crippen molar-refractivity contribution in [3.05, 3.63) is 46.3 Å². The number of nitrogens with zero attached hydrogens (tertiary/aromatic N) is 2. The van der Waals surface area contributed by atoms with Gasteiger partial charge in [-0.15, -0.1) is 5.10 Å². The minimum atomic E-state index is -0.327. The third-order valence-corrected chi connectivity index (χ3v) is 3.28. The third kappa shape index (κ3) is 5.06. The minimum absolute atomic E-state index is 0.327. The summed E-state index contributed by atoms with van der Waals surface area (Å²) in [6.45, 7) is 5.90. The molecule has 0 saturated heterocycles. The molecular weight excluding hydrogens is 337 g/mol. The summed E-state index contributed by atoms with van der Waals surface area (Å²) in [5.74, 6) is 1.13. The summed E-state index contributed by atoms with van der Waals surface area (Å²) in [4.78, 5) is 0. The van der Waals surface area contributed by atoms with E-state index < -0.39 is 0 Å². The van der Waals surface area contributed by atoms with Gasteiger partial charge in [0.15, 0.2) is 0 Å². The lowest BCUT2D eigenvalue weighted by molar-refractivity contribution is 0.448. The number of hydrogen-bond donors (Lipinski definition) is 1. The Morgan fingerprint density at radius 3 is 2.67 bits per heavy atom. The Bertz CT molecular complexity index is 590. The van der Waals surface area contributed by atoms with Crippen LogP contribution in [0.15, 0.2) is 34.8 Å². The molecule has 0 aliphatic rings. The van der Waals surface area contributed by atoms with E-state index >= 15 is 0 Å². The van der Waals surface area contributed by atoms with E-state index in [9.17, 15) is 4.39 Å². The quantitative estimate of drug-likeness (QED) is 0.854. The normalized spacial score (nSPS) is 10.9. The summed E-state index contributed by atoms with van der Waals surface area (Å²) in [5.41, 5.74) is 0.848. The van der Waals surface area contributed by atoms with Crippen LogP contribution in [0.25, 0.3) is 0 Å². The maximum absolute atomic E-state index is 13.0. The van der Waals surface area contributed by atoms with E-state index in [-0.39, 0.29) is 5.82 Å². The van der Waals surface area contributed by atoms with Crippen LogP contribution >= 0.6 is 15.9 Å². The van der Waals surface area contributed by atoms with Gasteiger partial charge < -0.3 is 10.1 Å². The Morgan fingerprint density at radius 1 is 1.24 bits per heavy atom. The average Bonchev–Trinajstić information content (AvgIpc) is 2.43. The fourth-order valence-corrected chi connectivity index (χ4v) is 2.09. The molecule has 1 aromatic carbocycles. The number of hydrogen-bond acceptors (Lipinski definition) is 4. The predicted octanol–water partition coefficient (Wildman–Crippen LogP) is 3.92. The fraction of sp³-hybridized carbons (Fsp3) is 0.333. The lowest BCUT2D eigenvalue weighted by Crippen LogP contribution is -2.19. The van der Waals surface area contributed by atoms with Crippen molar-refractivity contribution < 1.29 is 9.13 Å². The van der Waals surface area contributed by atoms with E-state index in [4.69, 9.17) is 4.74 Å². The summed E-state index contributed by atoms with van der Waals surface area (Å²) >= 11 is 3.24. The van der Waals surface area contributed by atoms with Crippen molar-refractivity contribution in [2.75, 3.05) is 6.54 Å². The van der Waals surface area contributed by atoms with Crippen molar-refractivity contribution in [1.29, 1.82) is 0 Å². The first-order valence-corrected chi connectivity index (χ1v) is 7.50. The SMILES string of the molecule is CC(C)CNCc1ccc(Oc2ccc(F)cc2Br)nn1. The average molecular weight is 354 g/mol. The molecular formula is C15H17BrFN3O. The van der Waals surface area contributed by atoms with Gasteiger partial charge in [0.1, 0.15) is 11.6 Å². The second-order valence-electron chi connectivity index (χ2n) is 5.06. The highest BCUT2D eigenvalue weighted by atomic mass is 79.9. The Balaban J connectivity index is 1.95. The monoisotopic (exact) mass is 353 g/mol. The number of aromatic nitrogens is 2. The molecule has 0 amide bonds. The van der Waals surface area contributed by atoms with Gasteiger partial charge in [0.25, 0.3) is 0 Å². The number of halogens is 2. The largest absolute Gasteiger partial charge is 0.436 e. The number of rotatable bonds is 6. The summed E-state index contributed by atoms with van der Waals surface area (Å²) in [7, 11) is 0. The standard InChI is InChI=1S/C15H17BrFN3O/c1-10(2)8-18-9-12-4-6-15(20-19-12)21-14-5-3-11(17)7-13(14)16/h3-7,10,18H,8-9H2,1-2H3. The molecule has 1 heterocycles. The molecule has 4 nitrogen and oxygen atoms in total. The van der Waals surface area contributed by atoms with Crippen molar-refractivity contribution in [2.45, 2.75) is 20.4 Å². The molecule has 1 aromatic heterocycles. The second-order valence-corrected chi connectivity index (χ2v) is 5.92. The highest BCUT2D eigenvalue weighted by Gasteiger charge is 2.06. The number of nitrogens with one attached hydrogen (secondary N) is 1. The molecule has 0 saturated carbocycles. The summed E-state index contributed by atoms with van der Waals surface area (Å²) in [5, 5.41) is 11.4. The molecule has 0 spiro atoms. The molecule has 21 heavy (non-hydrogen) atoms. The lowest BCUT2D eigenvalue weighted by atomic mass is 10.2. The Kier molecular flexibility index (Phi) is 5.64. The molecule has 6 heteroatoms. The third-order valence-electron chi connectivity index (χ3n) is 2.66. The van der Waals surface area contributed by atoms with Crippen LogP contribution < -0.4 is 10.1 Å². The Labute approximate surface area is 131 Å². The van der Waals surface area contributed by atoms with Crippen LogP contribution in [0.1, 0.15) is 19.5 Å². The summed E-state index contributed by atoms with van der Waals surface area (Å²) in [6, 6.07) is 7.81. The van der Waals surface area contributed by atoms with Crippen molar-refractivity contribution in [1.82, 2.24) is 15.5 Å². The molecule has 0 fully saturated rings. The van der Waals surface area contributed by atoms with Gasteiger partial charge in [0.05, 0.1) is 10.2 Å². The van der Waals surface area contributed by atoms with Crippen LogP contribution in [0.5, 0.6) is 11.6 Å². The second kappa shape index (κ2) is 7.47. The van der Waals surface area contributed by atoms with E-state index in [1.807, 2.05) is 6.07 Å². The fourth-order valence-electron chi connectivity index (χ4n) is 1.66. The first-order valence-electron chi connectivity index (χ1n) is 6.71. The number of benzene rings is 1. The maximum Gasteiger partial charge on any atom is 0.238 e. The Hall–Kier alpha value is -1.53. The smallest absolute Gasteiger partial charge is 0.238 e. The van der Waals surface area contributed by atoms with Gasteiger partial charge in [-0.05, 0) is 52.7 Å². The van der Waals surface area contributed by atoms with Crippen molar-refractivity contribution in [2.24, 2.45) is 5.92 Å². The topological polar surface area (TPSA) is 47.0 Å². The van der Waals surface area contributed by atoms with Gasteiger partial charge >= 0.3 is 0 Å². The van der Waals surface area contributed by atoms with Gasteiger partial charge in [0, 0.05) is 12.6 Å². The lowest BCUT2D eigenvalue weighted by Gasteiger charge is -2.08. The molecule has 0 aliphatic carbocycles. The first kappa shape index (κ1) is 15.9. The van der Waals surface area contributed by atoms with Crippen LogP contribution in [0.2, 0.25) is 0 Å². The van der Waals surface area contributed by atoms with Gasteiger partial charge in [-0.25, -0.2) is 4.39 Å². The summed E-state index contributed by atoms with van der Waals surface area (Å²) < 4.78 is 19.1. The molecule has 112 valence electrons. The van der Waals surface area contributed by atoms with Crippen molar-refractivity contribution in [3.8, 4) is 11.6 Å². The van der Waals surface area contributed by atoms with Crippen LogP contribution in [-0.4, -0.2) is 16.7 Å². The molecule has 1 N–H and O–H groups in total. The van der Waals surface area contributed by atoms with Crippen LogP contribution in [0.4, 0.5) is 4.39 Å². The van der Waals surface area contributed by atoms with Gasteiger partial charge in [0.2, 0.25) is 5.88 Å². The molecule has 0 unspecified atom stereocenters. The van der Waals surface area contributed by atoms with Crippen LogP contribution in [0, 0.1) is 11.7 Å². The van der Waals surface area contributed by atoms with E-state index in [1.54, 1.807) is 12.1 Å². The first-order chi connectivity index (χ1) is 10.0. The van der Waals surface area contributed by atoms with E-state index in [0.29, 0.717) is 28.6 Å². The molecule has 0 bridgehead atoms. The van der Waals surface area contributed by atoms with E-state index in [0.717, 1.165) is 12.2 Å². The predicted molar refractivity (Wildman–Crippen MR) is 82.8 cm³/mol. The van der Waals surface area contributed by atoms with Gasteiger partial charge in [-0.3, -0.25) is 0 Å². The molecule has 2 rings (SSSR count). The molecule has 2 aromatic rings. The maximum atomic E-state index is 13.0. The van der Waals surface area contributed by atoms with E-state index in [1.165, 1.54) is 12.1 Å². The van der Waals surface area contributed by atoms with Crippen molar-refractivity contribution >= 4 is 15.9 Å². The van der Waals surface area contributed by atoms with Gasteiger partial charge in [-0.2, -0.15) is 5.10 Å². The minimum Gasteiger partial charge on any atom is -0.436 e. The van der Waals surface area contributed by atoms with Crippen LogP contribution in [0.3, 0.4) is 0 Å². The van der Waals surface area contributed by atoms with Crippen molar-refractivity contribution in [3.63, 3.8) is 0 Å². The zero-order valence-corrected chi connectivity index (χ0v) is 13.5. The van der Waals surface area contributed by atoms with Gasteiger partial charge in [-0.1, -0.05) is 13.8 Å². The zero-order valence-electron chi connectivity index (χ0n) is 11.9. The molecule has 0 radical (unpaired) electrons. The highest BCUT2D eigenvalue weighted by molar-refractivity contribution is 9.10. The number of ether oxygens (including phenoxy) is 1. The zero-order chi connectivity index (χ0) is 15.2. The van der Waals surface area contributed by atoms with Crippen LogP contribution in [-0.2, 0) is 6.54 Å². The summed E-state index contributed by atoms with van der Waals surface area (Å²) in [6.07, 6.45) is 0. The molecule has 0 atom stereocenters. The molecule has 0 aliphatic heterocycles. The van der Waals surface area contributed by atoms with E-state index in [2.05, 4.69) is 45.3 Å². The Morgan fingerprint density at radius 2 is 2.05 bits per heavy atom. The highest BCUT2D eigenvalue weighted by Crippen LogP contribution is 2.28.